The van der Waals surface area contributed by atoms with Crippen LogP contribution in [0.3, 0.4) is 0 Å². The zero-order valence-electron chi connectivity index (χ0n) is 17.6. The summed E-state index contributed by atoms with van der Waals surface area (Å²) in [6, 6.07) is 12.2. The number of hydrogen-bond acceptors (Lipinski definition) is 1. The molecular formula is C26H30F3N. The molecule has 2 aromatic rings. The van der Waals surface area contributed by atoms with Crippen molar-refractivity contribution in [1.82, 2.24) is 0 Å². The highest BCUT2D eigenvalue weighted by atomic mass is 19.4. The highest BCUT2D eigenvalue weighted by molar-refractivity contribution is 5.51. The number of fused-ring (bicyclic) bond motifs is 5. The molecule has 2 fully saturated rings. The molecule has 0 unspecified atom stereocenters. The van der Waals surface area contributed by atoms with Crippen molar-refractivity contribution in [3.8, 4) is 0 Å². The standard InChI is InChI=1S/C26H30F3N/c1-25-12-3-6-24(25)23-9-7-18-15-20(8-10-21(18)22(23)11-13-25)30-16-17-4-2-5-19(14-17)26(27,28)29/h2,4-5,8,10,14-15,22-24,30H,3,6-7,9,11-13,16H2,1H3/t22-,23-,24+,25+/m1/s1. The van der Waals surface area contributed by atoms with Gasteiger partial charge in [-0.3, -0.25) is 0 Å². The van der Waals surface area contributed by atoms with Crippen LogP contribution in [0.5, 0.6) is 0 Å². The lowest BCUT2D eigenvalue weighted by atomic mass is 9.56. The van der Waals surface area contributed by atoms with Gasteiger partial charge in [0, 0.05) is 12.2 Å². The van der Waals surface area contributed by atoms with Crippen molar-refractivity contribution >= 4 is 5.69 Å². The predicted molar refractivity (Wildman–Crippen MR) is 114 cm³/mol. The van der Waals surface area contributed by atoms with Gasteiger partial charge in [0.1, 0.15) is 0 Å². The molecule has 0 radical (unpaired) electrons. The maximum atomic E-state index is 12.9. The molecule has 1 nitrogen and oxygen atoms in total. The van der Waals surface area contributed by atoms with Crippen LogP contribution in [0.4, 0.5) is 18.9 Å². The molecule has 4 atom stereocenters. The normalized spacial score (nSPS) is 30.3. The van der Waals surface area contributed by atoms with E-state index in [1.807, 2.05) is 0 Å². The third kappa shape index (κ3) is 3.52. The van der Waals surface area contributed by atoms with Crippen LogP contribution in [0.1, 0.15) is 73.6 Å². The predicted octanol–water partition coefficient (Wildman–Crippen LogP) is 7.56. The molecule has 160 valence electrons. The number of anilines is 1. The van der Waals surface area contributed by atoms with Crippen molar-refractivity contribution in [2.75, 3.05) is 5.32 Å². The SMILES string of the molecule is C[C@@]12CCC[C@H]1[C@@H]1CCc3cc(NCc4cccc(C(F)(F)F)c4)ccc3[C@H]1CC2. The molecule has 4 heteroatoms. The van der Waals surface area contributed by atoms with Crippen LogP contribution in [0, 0.1) is 17.3 Å². The molecule has 0 bridgehead atoms. The van der Waals surface area contributed by atoms with E-state index in [1.54, 1.807) is 6.07 Å². The number of aryl methyl sites for hydroxylation is 1. The second kappa shape index (κ2) is 7.32. The molecule has 0 spiro atoms. The van der Waals surface area contributed by atoms with Gasteiger partial charge in [-0.15, -0.1) is 0 Å². The Labute approximate surface area is 177 Å². The van der Waals surface area contributed by atoms with Gasteiger partial charge in [-0.1, -0.05) is 31.5 Å². The topological polar surface area (TPSA) is 12.0 Å². The van der Waals surface area contributed by atoms with E-state index in [1.165, 1.54) is 61.8 Å². The minimum absolute atomic E-state index is 0.398. The Morgan fingerprint density at radius 2 is 1.90 bits per heavy atom. The number of rotatable bonds is 3. The third-order valence-corrected chi connectivity index (χ3v) is 8.26. The summed E-state index contributed by atoms with van der Waals surface area (Å²) in [6.07, 6.45) is 4.99. The minimum Gasteiger partial charge on any atom is -0.381 e. The largest absolute Gasteiger partial charge is 0.416 e. The number of nitrogens with one attached hydrogen (secondary N) is 1. The maximum absolute atomic E-state index is 12.9. The van der Waals surface area contributed by atoms with Crippen LogP contribution in [0.15, 0.2) is 42.5 Å². The molecule has 3 aliphatic rings. The van der Waals surface area contributed by atoms with Gasteiger partial charge in [0.15, 0.2) is 0 Å². The van der Waals surface area contributed by atoms with E-state index in [2.05, 4.69) is 30.4 Å². The Balaban J connectivity index is 1.30. The van der Waals surface area contributed by atoms with E-state index >= 15 is 0 Å². The first-order valence-corrected chi connectivity index (χ1v) is 11.4. The van der Waals surface area contributed by atoms with E-state index in [4.69, 9.17) is 0 Å². The summed E-state index contributed by atoms with van der Waals surface area (Å²) in [5.41, 5.74) is 4.61. The van der Waals surface area contributed by atoms with E-state index in [9.17, 15) is 13.2 Å². The van der Waals surface area contributed by atoms with Gasteiger partial charge >= 0.3 is 6.18 Å². The Morgan fingerprint density at radius 1 is 1.03 bits per heavy atom. The first-order valence-electron chi connectivity index (χ1n) is 11.4. The Hall–Kier alpha value is -1.97. The average molecular weight is 414 g/mol. The summed E-state index contributed by atoms with van der Waals surface area (Å²) in [7, 11) is 0. The first kappa shape index (κ1) is 20.0. The molecule has 2 saturated carbocycles. The summed E-state index contributed by atoms with van der Waals surface area (Å²) in [5.74, 6) is 2.42. The molecule has 0 aromatic heterocycles. The van der Waals surface area contributed by atoms with Crippen LogP contribution in [-0.4, -0.2) is 0 Å². The summed E-state index contributed by atoms with van der Waals surface area (Å²) in [5, 5.41) is 3.34. The van der Waals surface area contributed by atoms with Crippen molar-refractivity contribution in [3.05, 3.63) is 64.7 Å². The summed E-state index contributed by atoms with van der Waals surface area (Å²) in [6.45, 7) is 2.92. The molecule has 5 rings (SSSR count). The van der Waals surface area contributed by atoms with Crippen LogP contribution < -0.4 is 5.32 Å². The molecule has 3 aliphatic carbocycles. The number of hydrogen-bond donors (Lipinski definition) is 1. The Kier molecular flexibility index (Phi) is 4.87. The summed E-state index contributed by atoms with van der Waals surface area (Å²) >= 11 is 0. The molecule has 0 saturated heterocycles. The van der Waals surface area contributed by atoms with Gasteiger partial charge in [0.05, 0.1) is 5.56 Å². The smallest absolute Gasteiger partial charge is 0.381 e. The van der Waals surface area contributed by atoms with E-state index < -0.39 is 11.7 Å². The fourth-order valence-corrected chi connectivity index (χ4v) is 6.75. The lowest BCUT2D eigenvalue weighted by Crippen LogP contribution is -2.39. The van der Waals surface area contributed by atoms with Gasteiger partial charge in [-0.05, 0) is 103 Å². The molecular weight excluding hydrogens is 383 g/mol. The molecule has 0 amide bonds. The van der Waals surface area contributed by atoms with Crippen LogP contribution in [0.25, 0.3) is 0 Å². The Morgan fingerprint density at radius 3 is 2.73 bits per heavy atom. The quantitative estimate of drug-likeness (QED) is 0.547. The summed E-state index contributed by atoms with van der Waals surface area (Å²) in [4.78, 5) is 0. The fraction of sp³-hybridized carbons (Fsp3) is 0.538. The molecule has 0 aliphatic heterocycles. The van der Waals surface area contributed by atoms with Gasteiger partial charge in [-0.2, -0.15) is 13.2 Å². The summed E-state index contributed by atoms with van der Waals surface area (Å²) < 4.78 is 38.8. The lowest BCUT2D eigenvalue weighted by molar-refractivity contribution is -0.137. The average Bonchev–Trinajstić information content (AvgIpc) is 3.13. The van der Waals surface area contributed by atoms with Gasteiger partial charge < -0.3 is 5.32 Å². The van der Waals surface area contributed by atoms with E-state index in [-0.39, 0.29) is 0 Å². The monoisotopic (exact) mass is 413 g/mol. The van der Waals surface area contributed by atoms with Crippen molar-refractivity contribution in [2.45, 2.75) is 70.5 Å². The first-order chi connectivity index (χ1) is 14.3. The van der Waals surface area contributed by atoms with Crippen LogP contribution in [0.2, 0.25) is 0 Å². The van der Waals surface area contributed by atoms with Crippen LogP contribution in [-0.2, 0) is 19.1 Å². The maximum Gasteiger partial charge on any atom is 0.416 e. The molecule has 0 heterocycles. The third-order valence-electron chi connectivity index (χ3n) is 8.26. The zero-order chi connectivity index (χ0) is 20.9. The molecule has 1 N–H and O–H groups in total. The molecule has 30 heavy (non-hydrogen) atoms. The zero-order valence-corrected chi connectivity index (χ0v) is 17.6. The minimum atomic E-state index is -4.30. The van der Waals surface area contributed by atoms with Crippen molar-refractivity contribution in [1.29, 1.82) is 0 Å². The van der Waals surface area contributed by atoms with Gasteiger partial charge in [-0.25, -0.2) is 0 Å². The number of halogens is 3. The van der Waals surface area contributed by atoms with Gasteiger partial charge in [0.2, 0.25) is 0 Å². The Bertz CT molecular complexity index is 934. The fourth-order valence-electron chi connectivity index (χ4n) is 6.75. The highest BCUT2D eigenvalue weighted by Gasteiger charge is 2.50. The van der Waals surface area contributed by atoms with Crippen molar-refractivity contribution in [2.24, 2.45) is 17.3 Å². The lowest BCUT2D eigenvalue weighted by Gasteiger charge is -2.49. The van der Waals surface area contributed by atoms with Crippen molar-refractivity contribution < 1.29 is 13.2 Å². The van der Waals surface area contributed by atoms with Crippen molar-refractivity contribution in [3.63, 3.8) is 0 Å². The second-order valence-corrected chi connectivity index (χ2v) is 9.97. The number of alkyl halides is 3. The van der Waals surface area contributed by atoms with Gasteiger partial charge in [0.25, 0.3) is 0 Å². The molecule has 2 aromatic carbocycles. The van der Waals surface area contributed by atoms with Crippen LogP contribution >= 0.6 is 0 Å². The highest BCUT2D eigenvalue weighted by Crippen LogP contribution is 2.60. The second-order valence-electron chi connectivity index (χ2n) is 9.97. The van der Waals surface area contributed by atoms with E-state index in [0.717, 1.165) is 30.0 Å². The van der Waals surface area contributed by atoms with E-state index in [0.29, 0.717) is 23.4 Å². The number of benzene rings is 2.